The molecule has 33 heavy (non-hydrogen) atoms. The Morgan fingerprint density at radius 2 is 1.61 bits per heavy atom. The van der Waals surface area contributed by atoms with Gasteiger partial charge in [-0.3, -0.25) is 9.59 Å². The number of benzene rings is 3. The van der Waals surface area contributed by atoms with E-state index >= 15 is 0 Å². The number of hydrogen-bond donors (Lipinski definition) is 2. The normalized spacial score (nSPS) is 16.2. The van der Waals surface area contributed by atoms with Crippen molar-refractivity contribution in [1.29, 1.82) is 0 Å². The van der Waals surface area contributed by atoms with Crippen LogP contribution in [-0.4, -0.2) is 33.3 Å². The van der Waals surface area contributed by atoms with Gasteiger partial charge < -0.3 is 15.3 Å². The monoisotopic (exact) mass is 440 g/mol. The molecule has 1 fully saturated rings. The Kier molecular flexibility index (Phi) is 5.01. The van der Waals surface area contributed by atoms with Gasteiger partial charge in [-0.15, -0.1) is 0 Å². The molecular weight excluding hydrogens is 416 g/mol. The number of nitrogens with zero attached hydrogens (tertiary/aromatic N) is 1. The maximum Gasteiger partial charge on any atom is 0.329 e. The molecular formula is C27H24N2O4. The highest BCUT2D eigenvalue weighted by Crippen LogP contribution is 2.43. The largest absolute Gasteiger partial charge is 0.479 e. The third-order valence-electron chi connectivity index (χ3n) is 6.80. The van der Waals surface area contributed by atoms with Crippen LogP contribution in [0.2, 0.25) is 0 Å². The molecule has 2 aliphatic rings. The number of hydrogen-bond acceptors (Lipinski definition) is 3. The SMILES string of the molecule is Cc1ccc(C(=O)Nc2ccc(-c3ccc4c(c3)C(=O)N(C3(C(=O)O)CCC3)C4)cc2)cc1. The zero-order chi connectivity index (χ0) is 23.2. The number of fused-ring (bicyclic) bond motifs is 1. The van der Waals surface area contributed by atoms with Crippen molar-refractivity contribution in [2.45, 2.75) is 38.3 Å². The van der Waals surface area contributed by atoms with Crippen LogP contribution in [0.1, 0.15) is 51.1 Å². The highest BCUT2D eigenvalue weighted by atomic mass is 16.4. The molecule has 1 aliphatic heterocycles. The van der Waals surface area contributed by atoms with Crippen LogP contribution in [0.3, 0.4) is 0 Å². The number of anilines is 1. The van der Waals surface area contributed by atoms with E-state index in [0.29, 0.717) is 36.2 Å². The third kappa shape index (κ3) is 3.57. The molecule has 0 saturated heterocycles. The lowest BCUT2D eigenvalue weighted by Crippen LogP contribution is -2.59. The molecule has 1 heterocycles. The Labute approximate surface area is 191 Å². The van der Waals surface area contributed by atoms with E-state index in [0.717, 1.165) is 28.7 Å². The lowest BCUT2D eigenvalue weighted by atomic mass is 9.75. The summed E-state index contributed by atoms with van der Waals surface area (Å²) in [5.74, 6) is -1.30. The minimum absolute atomic E-state index is 0.172. The molecule has 2 amide bonds. The smallest absolute Gasteiger partial charge is 0.329 e. The zero-order valence-corrected chi connectivity index (χ0v) is 18.3. The first kappa shape index (κ1) is 20.9. The number of carbonyl (C=O) groups excluding carboxylic acids is 2. The second-order valence-electron chi connectivity index (χ2n) is 8.85. The summed E-state index contributed by atoms with van der Waals surface area (Å²) < 4.78 is 0. The second-order valence-corrected chi connectivity index (χ2v) is 8.85. The molecule has 5 rings (SSSR count). The first-order chi connectivity index (χ1) is 15.9. The lowest BCUT2D eigenvalue weighted by Gasteiger charge is -2.44. The van der Waals surface area contributed by atoms with Gasteiger partial charge in [-0.05, 0) is 73.2 Å². The van der Waals surface area contributed by atoms with E-state index in [-0.39, 0.29) is 11.8 Å². The highest BCUT2D eigenvalue weighted by Gasteiger charge is 2.53. The van der Waals surface area contributed by atoms with Gasteiger partial charge in [0.05, 0.1) is 0 Å². The fourth-order valence-corrected chi connectivity index (χ4v) is 4.59. The second kappa shape index (κ2) is 7.89. The molecule has 2 N–H and O–H groups in total. The van der Waals surface area contributed by atoms with Crippen LogP contribution in [0.5, 0.6) is 0 Å². The van der Waals surface area contributed by atoms with Gasteiger partial charge >= 0.3 is 5.97 Å². The molecule has 3 aromatic rings. The number of rotatable bonds is 5. The van der Waals surface area contributed by atoms with E-state index in [9.17, 15) is 19.5 Å². The molecule has 0 unspecified atom stereocenters. The Balaban J connectivity index is 1.33. The number of carbonyl (C=O) groups is 3. The topological polar surface area (TPSA) is 86.7 Å². The van der Waals surface area contributed by atoms with Crippen molar-refractivity contribution in [2.75, 3.05) is 5.32 Å². The van der Waals surface area contributed by atoms with Gasteiger partial charge in [0.25, 0.3) is 11.8 Å². The van der Waals surface area contributed by atoms with Gasteiger partial charge in [0.2, 0.25) is 0 Å². The van der Waals surface area contributed by atoms with Crippen LogP contribution in [0.25, 0.3) is 11.1 Å². The van der Waals surface area contributed by atoms with Crippen LogP contribution in [0.15, 0.2) is 66.7 Å². The standard InChI is InChI=1S/C27H24N2O4/c1-17-3-5-19(6-4-17)24(30)28-22-11-9-18(10-12-22)20-7-8-21-16-29(25(31)23(21)15-20)27(26(32)33)13-2-14-27/h3-12,15H,2,13-14,16H2,1H3,(H,28,30)(H,32,33). The summed E-state index contributed by atoms with van der Waals surface area (Å²) in [6, 6.07) is 20.5. The minimum atomic E-state index is -1.06. The molecule has 0 radical (unpaired) electrons. The van der Waals surface area contributed by atoms with E-state index in [1.807, 2.05) is 61.5 Å². The van der Waals surface area contributed by atoms with Gasteiger partial charge in [0.15, 0.2) is 0 Å². The molecule has 0 aromatic heterocycles. The van der Waals surface area contributed by atoms with Crippen LogP contribution in [0, 0.1) is 6.92 Å². The fourth-order valence-electron chi connectivity index (χ4n) is 4.59. The average Bonchev–Trinajstić information content (AvgIpc) is 3.10. The van der Waals surface area contributed by atoms with E-state index in [4.69, 9.17) is 0 Å². The number of aliphatic carboxylic acids is 1. The number of carboxylic acids is 1. The average molecular weight is 440 g/mol. The van der Waals surface area contributed by atoms with Crippen molar-refractivity contribution in [3.05, 3.63) is 89.0 Å². The lowest BCUT2D eigenvalue weighted by molar-refractivity contribution is -0.155. The first-order valence-corrected chi connectivity index (χ1v) is 11.0. The summed E-state index contributed by atoms with van der Waals surface area (Å²) in [6.07, 6.45) is 1.83. The quantitative estimate of drug-likeness (QED) is 0.592. The summed E-state index contributed by atoms with van der Waals surface area (Å²) in [4.78, 5) is 38.9. The zero-order valence-electron chi connectivity index (χ0n) is 18.3. The van der Waals surface area contributed by atoms with Crippen molar-refractivity contribution >= 4 is 23.5 Å². The predicted molar refractivity (Wildman–Crippen MR) is 125 cm³/mol. The van der Waals surface area contributed by atoms with Crippen molar-refractivity contribution in [3.8, 4) is 11.1 Å². The Morgan fingerprint density at radius 3 is 2.21 bits per heavy atom. The third-order valence-corrected chi connectivity index (χ3v) is 6.80. The summed E-state index contributed by atoms with van der Waals surface area (Å²) in [6.45, 7) is 2.31. The van der Waals surface area contributed by atoms with Gasteiger partial charge in [0, 0.05) is 23.4 Å². The van der Waals surface area contributed by atoms with E-state index in [1.165, 1.54) is 4.90 Å². The van der Waals surface area contributed by atoms with Gasteiger partial charge in [-0.2, -0.15) is 0 Å². The molecule has 1 aliphatic carbocycles. The molecule has 0 bridgehead atoms. The molecule has 6 nitrogen and oxygen atoms in total. The Bertz CT molecular complexity index is 1260. The van der Waals surface area contributed by atoms with Crippen molar-refractivity contribution < 1.29 is 19.5 Å². The molecule has 0 spiro atoms. The molecule has 0 atom stereocenters. The van der Waals surface area contributed by atoms with Gasteiger partial charge in [0.1, 0.15) is 5.54 Å². The molecule has 166 valence electrons. The maximum atomic E-state index is 13.1. The Morgan fingerprint density at radius 1 is 0.939 bits per heavy atom. The minimum Gasteiger partial charge on any atom is -0.479 e. The number of amides is 2. The highest BCUT2D eigenvalue weighted by molar-refractivity contribution is 6.04. The summed E-state index contributed by atoms with van der Waals surface area (Å²) in [5.41, 5.74) is 4.52. The van der Waals surface area contributed by atoms with E-state index in [1.54, 1.807) is 12.1 Å². The number of carboxylic acid groups (broad SMARTS) is 1. The van der Waals surface area contributed by atoms with Gasteiger partial charge in [-0.25, -0.2) is 4.79 Å². The maximum absolute atomic E-state index is 13.1. The number of nitrogens with one attached hydrogen (secondary N) is 1. The van der Waals surface area contributed by atoms with Crippen LogP contribution < -0.4 is 5.32 Å². The van der Waals surface area contributed by atoms with Gasteiger partial charge in [-0.1, -0.05) is 42.0 Å². The number of aryl methyl sites for hydroxylation is 1. The summed E-state index contributed by atoms with van der Waals surface area (Å²) in [7, 11) is 0. The van der Waals surface area contributed by atoms with Crippen molar-refractivity contribution in [3.63, 3.8) is 0 Å². The Hall–Kier alpha value is -3.93. The van der Waals surface area contributed by atoms with E-state index < -0.39 is 11.5 Å². The predicted octanol–water partition coefficient (Wildman–Crippen LogP) is 4.88. The first-order valence-electron chi connectivity index (χ1n) is 11.0. The van der Waals surface area contributed by atoms with Crippen LogP contribution >= 0.6 is 0 Å². The van der Waals surface area contributed by atoms with Crippen LogP contribution in [-0.2, 0) is 11.3 Å². The van der Waals surface area contributed by atoms with Crippen molar-refractivity contribution in [2.24, 2.45) is 0 Å². The van der Waals surface area contributed by atoms with E-state index in [2.05, 4.69) is 5.32 Å². The summed E-state index contributed by atoms with van der Waals surface area (Å²) in [5, 5.41) is 12.6. The molecule has 6 heteroatoms. The molecule has 1 saturated carbocycles. The van der Waals surface area contributed by atoms with Crippen molar-refractivity contribution in [1.82, 2.24) is 4.90 Å². The van der Waals surface area contributed by atoms with Crippen LogP contribution in [0.4, 0.5) is 5.69 Å². The summed E-state index contributed by atoms with van der Waals surface area (Å²) >= 11 is 0. The molecule has 3 aromatic carbocycles. The fraction of sp³-hybridized carbons (Fsp3) is 0.222.